The molecule has 4 rings (SSSR count). The molecular formula is C23H26N2O4. The predicted molar refractivity (Wildman–Crippen MR) is 111 cm³/mol. The number of carbonyl (C=O) groups is 1. The number of likely N-dealkylation sites (N-methyl/N-ethyl adjacent to an activating group) is 1. The van der Waals surface area contributed by atoms with Crippen LogP contribution in [0, 0.1) is 0 Å². The second-order valence-electron chi connectivity index (χ2n) is 7.33. The van der Waals surface area contributed by atoms with Crippen LogP contribution in [-0.4, -0.2) is 60.5 Å². The number of phenols is 1. The Kier molecular flexibility index (Phi) is 5.56. The lowest BCUT2D eigenvalue weighted by Crippen LogP contribution is -2.45. The van der Waals surface area contributed by atoms with E-state index in [0.717, 1.165) is 38.3 Å². The average Bonchev–Trinajstić information content (AvgIpc) is 3.06. The van der Waals surface area contributed by atoms with Gasteiger partial charge in [0.2, 0.25) is 5.78 Å². The standard InChI is InChI=1S/C23H26N2O4/c1-3-24-10-12-25(13-11-24)15-18-19(26)9-8-17-22(27)21(29-23(17)18)14-16-6-4-5-7-20(16)28-2/h4-9,14,26H,3,10-13,15H2,1-2H3. The Morgan fingerprint density at radius 1 is 1.10 bits per heavy atom. The summed E-state index contributed by atoms with van der Waals surface area (Å²) < 4.78 is 11.3. The summed E-state index contributed by atoms with van der Waals surface area (Å²) in [5, 5.41) is 10.5. The third-order valence-corrected chi connectivity index (χ3v) is 5.64. The Bertz CT molecular complexity index is 946. The Hall–Kier alpha value is -2.83. The van der Waals surface area contributed by atoms with Crippen molar-refractivity contribution in [3.8, 4) is 17.2 Å². The van der Waals surface area contributed by atoms with E-state index in [4.69, 9.17) is 9.47 Å². The number of Topliss-reactive ketones (excluding diaryl/α,β-unsaturated/α-hetero) is 1. The number of aromatic hydroxyl groups is 1. The van der Waals surface area contributed by atoms with Crippen molar-refractivity contribution < 1.29 is 19.4 Å². The average molecular weight is 394 g/mol. The van der Waals surface area contributed by atoms with Gasteiger partial charge in [-0.3, -0.25) is 9.69 Å². The molecule has 6 nitrogen and oxygen atoms in total. The largest absolute Gasteiger partial charge is 0.507 e. The predicted octanol–water partition coefficient (Wildman–Crippen LogP) is 3.15. The van der Waals surface area contributed by atoms with E-state index in [9.17, 15) is 9.90 Å². The van der Waals surface area contributed by atoms with E-state index >= 15 is 0 Å². The van der Waals surface area contributed by atoms with E-state index in [1.54, 1.807) is 25.3 Å². The van der Waals surface area contributed by atoms with Gasteiger partial charge < -0.3 is 19.5 Å². The van der Waals surface area contributed by atoms with Crippen LogP contribution in [0.25, 0.3) is 6.08 Å². The second-order valence-corrected chi connectivity index (χ2v) is 7.33. The maximum absolute atomic E-state index is 12.9. The third kappa shape index (κ3) is 3.86. The molecule has 2 aliphatic rings. The zero-order valence-electron chi connectivity index (χ0n) is 16.9. The van der Waals surface area contributed by atoms with Crippen LogP contribution in [0.4, 0.5) is 0 Å². The van der Waals surface area contributed by atoms with Crippen molar-refractivity contribution in [1.29, 1.82) is 0 Å². The molecule has 2 aromatic rings. The van der Waals surface area contributed by atoms with Gasteiger partial charge in [-0.2, -0.15) is 0 Å². The number of nitrogens with zero attached hydrogens (tertiary/aromatic N) is 2. The summed E-state index contributed by atoms with van der Waals surface area (Å²) in [6.45, 7) is 7.64. The van der Waals surface area contributed by atoms with Gasteiger partial charge in [0.1, 0.15) is 17.2 Å². The van der Waals surface area contributed by atoms with E-state index in [0.29, 0.717) is 29.2 Å². The quantitative estimate of drug-likeness (QED) is 0.786. The Balaban J connectivity index is 1.61. The first-order valence-corrected chi connectivity index (χ1v) is 9.97. The molecule has 1 fully saturated rings. The van der Waals surface area contributed by atoms with Crippen molar-refractivity contribution in [3.63, 3.8) is 0 Å². The molecule has 2 aliphatic heterocycles. The molecule has 0 atom stereocenters. The normalized spacial score (nSPS) is 18.7. The smallest absolute Gasteiger partial charge is 0.231 e. The fraction of sp³-hybridized carbons (Fsp3) is 0.348. The monoisotopic (exact) mass is 394 g/mol. The summed E-state index contributed by atoms with van der Waals surface area (Å²) in [5.74, 6) is 1.36. The SMILES string of the molecule is CCN1CCN(Cc2c(O)ccc3c2OC(=Cc2ccccc2OC)C3=O)CC1. The van der Waals surface area contributed by atoms with Gasteiger partial charge in [-0.15, -0.1) is 0 Å². The molecule has 0 amide bonds. The molecule has 0 bridgehead atoms. The highest BCUT2D eigenvalue weighted by Crippen LogP contribution is 2.40. The number of phenolic OH excluding ortho intramolecular Hbond substituents is 1. The fourth-order valence-corrected chi connectivity index (χ4v) is 3.86. The highest BCUT2D eigenvalue weighted by molar-refractivity contribution is 6.15. The minimum atomic E-state index is -0.178. The molecule has 6 heteroatoms. The molecule has 2 heterocycles. The van der Waals surface area contributed by atoms with Gasteiger partial charge in [0.05, 0.1) is 18.2 Å². The van der Waals surface area contributed by atoms with Crippen molar-refractivity contribution in [2.45, 2.75) is 13.5 Å². The number of ketones is 1. The lowest BCUT2D eigenvalue weighted by molar-refractivity contribution is 0.101. The zero-order valence-corrected chi connectivity index (χ0v) is 16.9. The van der Waals surface area contributed by atoms with Crippen LogP contribution < -0.4 is 9.47 Å². The summed E-state index contributed by atoms with van der Waals surface area (Å²) in [6, 6.07) is 10.7. The van der Waals surface area contributed by atoms with Crippen LogP contribution >= 0.6 is 0 Å². The van der Waals surface area contributed by atoms with Crippen LogP contribution in [0.5, 0.6) is 17.2 Å². The Morgan fingerprint density at radius 3 is 2.55 bits per heavy atom. The minimum Gasteiger partial charge on any atom is -0.507 e. The number of piperazine rings is 1. The second kappa shape index (κ2) is 8.27. The number of rotatable bonds is 5. The van der Waals surface area contributed by atoms with Crippen LogP contribution in [0.2, 0.25) is 0 Å². The van der Waals surface area contributed by atoms with E-state index in [2.05, 4.69) is 16.7 Å². The Labute approximate surface area is 171 Å². The highest BCUT2D eigenvalue weighted by atomic mass is 16.5. The molecule has 2 aromatic carbocycles. The van der Waals surface area contributed by atoms with Gasteiger partial charge in [0, 0.05) is 38.3 Å². The summed E-state index contributed by atoms with van der Waals surface area (Å²) in [7, 11) is 1.60. The number of benzene rings is 2. The molecule has 1 saturated heterocycles. The van der Waals surface area contributed by atoms with Crippen LogP contribution in [0.1, 0.15) is 28.4 Å². The van der Waals surface area contributed by atoms with E-state index in [1.807, 2.05) is 24.3 Å². The van der Waals surface area contributed by atoms with Gasteiger partial charge in [-0.25, -0.2) is 0 Å². The van der Waals surface area contributed by atoms with Crippen molar-refractivity contribution >= 4 is 11.9 Å². The molecule has 0 unspecified atom stereocenters. The number of ether oxygens (including phenoxy) is 2. The van der Waals surface area contributed by atoms with Crippen molar-refractivity contribution in [3.05, 3.63) is 58.8 Å². The lowest BCUT2D eigenvalue weighted by atomic mass is 10.0. The van der Waals surface area contributed by atoms with Crippen molar-refractivity contribution in [2.75, 3.05) is 39.8 Å². The summed E-state index contributed by atoms with van der Waals surface area (Å²) >= 11 is 0. The topological polar surface area (TPSA) is 62.2 Å². The number of fused-ring (bicyclic) bond motifs is 1. The summed E-state index contributed by atoms with van der Waals surface area (Å²) in [4.78, 5) is 17.6. The van der Waals surface area contributed by atoms with Gasteiger partial charge in [0.15, 0.2) is 5.76 Å². The molecule has 0 spiro atoms. The number of hydrogen-bond donors (Lipinski definition) is 1. The molecule has 1 N–H and O–H groups in total. The first-order chi connectivity index (χ1) is 14.1. The molecular weight excluding hydrogens is 368 g/mol. The number of para-hydroxylation sites is 1. The van der Waals surface area contributed by atoms with Crippen molar-refractivity contribution in [1.82, 2.24) is 9.80 Å². The molecule has 152 valence electrons. The van der Waals surface area contributed by atoms with Crippen molar-refractivity contribution in [2.24, 2.45) is 0 Å². The summed E-state index contributed by atoms with van der Waals surface area (Å²) in [5.41, 5.74) is 1.93. The number of methoxy groups -OCH3 is 1. The lowest BCUT2D eigenvalue weighted by Gasteiger charge is -2.34. The number of carbonyl (C=O) groups excluding carboxylic acids is 1. The van der Waals surface area contributed by atoms with E-state index < -0.39 is 0 Å². The van der Waals surface area contributed by atoms with Crippen LogP contribution in [0.3, 0.4) is 0 Å². The number of allylic oxidation sites excluding steroid dienone is 1. The molecule has 0 aromatic heterocycles. The fourth-order valence-electron chi connectivity index (χ4n) is 3.86. The van der Waals surface area contributed by atoms with Gasteiger partial charge in [0.25, 0.3) is 0 Å². The van der Waals surface area contributed by atoms with E-state index in [1.165, 1.54) is 0 Å². The first kappa shape index (κ1) is 19.5. The number of hydrogen-bond acceptors (Lipinski definition) is 6. The maximum atomic E-state index is 12.9. The van der Waals surface area contributed by atoms with E-state index in [-0.39, 0.29) is 17.3 Å². The summed E-state index contributed by atoms with van der Waals surface area (Å²) in [6.07, 6.45) is 1.70. The third-order valence-electron chi connectivity index (χ3n) is 5.64. The minimum absolute atomic E-state index is 0.160. The van der Waals surface area contributed by atoms with Gasteiger partial charge in [-0.1, -0.05) is 25.1 Å². The van der Waals surface area contributed by atoms with Gasteiger partial charge >= 0.3 is 0 Å². The highest BCUT2D eigenvalue weighted by Gasteiger charge is 2.32. The van der Waals surface area contributed by atoms with Crippen LogP contribution in [-0.2, 0) is 6.54 Å². The zero-order chi connectivity index (χ0) is 20.4. The molecule has 0 aliphatic carbocycles. The van der Waals surface area contributed by atoms with Gasteiger partial charge in [-0.05, 0) is 30.8 Å². The maximum Gasteiger partial charge on any atom is 0.231 e. The first-order valence-electron chi connectivity index (χ1n) is 9.97. The molecule has 0 saturated carbocycles. The molecule has 29 heavy (non-hydrogen) atoms. The molecule has 0 radical (unpaired) electrons. The van der Waals surface area contributed by atoms with Crippen LogP contribution in [0.15, 0.2) is 42.2 Å². The Morgan fingerprint density at radius 2 is 1.83 bits per heavy atom.